The normalized spacial score (nSPS) is 32.4. The summed E-state index contributed by atoms with van der Waals surface area (Å²) in [6.45, 7) is 0. The van der Waals surface area contributed by atoms with E-state index >= 15 is 0 Å². The van der Waals surface area contributed by atoms with E-state index < -0.39 is 12.6 Å². The highest BCUT2D eigenvalue weighted by Gasteiger charge is 2.27. The first-order valence-electron chi connectivity index (χ1n) is 3.49. The quantitative estimate of drug-likeness (QED) is 0.583. The van der Waals surface area contributed by atoms with Crippen molar-refractivity contribution in [1.29, 1.82) is 0 Å². The minimum atomic E-state index is -0.429. The van der Waals surface area contributed by atoms with Crippen molar-refractivity contribution in [3.05, 3.63) is 0 Å². The van der Waals surface area contributed by atoms with E-state index in [1.807, 2.05) is 0 Å². The number of ether oxygens (including phenoxy) is 3. The summed E-state index contributed by atoms with van der Waals surface area (Å²) in [5.41, 5.74) is 0. The van der Waals surface area contributed by atoms with E-state index in [1.165, 1.54) is 14.2 Å². The van der Waals surface area contributed by atoms with Crippen LogP contribution < -0.4 is 0 Å². The third-order valence-electron chi connectivity index (χ3n) is 1.62. The summed E-state index contributed by atoms with van der Waals surface area (Å²) >= 11 is 0. The van der Waals surface area contributed by atoms with Gasteiger partial charge in [-0.05, 0) is 0 Å². The highest BCUT2D eigenvalue weighted by atomic mass is 16.8. The fourth-order valence-electron chi connectivity index (χ4n) is 0.998. The van der Waals surface area contributed by atoms with Crippen LogP contribution in [0.15, 0.2) is 0 Å². The molecule has 0 radical (unpaired) electrons. The number of ketones is 1. The molecule has 2 atom stereocenters. The minimum Gasteiger partial charge on any atom is -0.355 e. The lowest BCUT2D eigenvalue weighted by atomic mass is 10.1. The Labute approximate surface area is 65.4 Å². The molecule has 4 heteroatoms. The topological polar surface area (TPSA) is 44.8 Å². The van der Waals surface area contributed by atoms with Crippen molar-refractivity contribution in [2.45, 2.75) is 25.4 Å². The van der Waals surface area contributed by atoms with Gasteiger partial charge in [0.25, 0.3) is 0 Å². The Kier molecular flexibility index (Phi) is 2.99. The highest BCUT2D eigenvalue weighted by molar-refractivity contribution is 5.79. The summed E-state index contributed by atoms with van der Waals surface area (Å²) in [6, 6.07) is 0. The molecule has 0 saturated carbocycles. The zero-order valence-corrected chi connectivity index (χ0v) is 6.70. The van der Waals surface area contributed by atoms with Gasteiger partial charge in [-0.2, -0.15) is 0 Å². The van der Waals surface area contributed by atoms with Crippen LogP contribution in [0.2, 0.25) is 0 Å². The van der Waals surface area contributed by atoms with Crippen molar-refractivity contribution in [3.63, 3.8) is 0 Å². The number of carbonyl (C=O) groups is 1. The number of rotatable bonds is 2. The lowest BCUT2D eigenvalue weighted by Gasteiger charge is -2.26. The molecule has 1 aliphatic rings. The summed E-state index contributed by atoms with van der Waals surface area (Å²) < 4.78 is 14.9. The smallest absolute Gasteiger partial charge is 0.167 e. The molecule has 64 valence electrons. The zero-order chi connectivity index (χ0) is 8.27. The van der Waals surface area contributed by atoms with E-state index in [1.54, 1.807) is 0 Å². The Balaban J connectivity index is 2.43. The molecule has 1 fully saturated rings. The number of hydrogen-bond acceptors (Lipinski definition) is 4. The Hall–Kier alpha value is -0.450. The van der Waals surface area contributed by atoms with Gasteiger partial charge in [0, 0.05) is 14.2 Å². The summed E-state index contributed by atoms with van der Waals surface area (Å²) in [4.78, 5) is 11.0. The first kappa shape index (κ1) is 8.64. The molecule has 1 rings (SSSR count). The molecule has 0 amide bonds. The van der Waals surface area contributed by atoms with E-state index in [4.69, 9.17) is 14.2 Å². The highest BCUT2D eigenvalue weighted by Crippen LogP contribution is 2.16. The van der Waals surface area contributed by atoms with Crippen LogP contribution in [-0.2, 0) is 19.0 Å². The van der Waals surface area contributed by atoms with E-state index in [-0.39, 0.29) is 5.78 Å². The van der Waals surface area contributed by atoms with Gasteiger partial charge in [0.15, 0.2) is 12.6 Å². The Morgan fingerprint density at radius 3 is 2.09 bits per heavy atom. The van der Waals surface area contributed by atoms with Crippen LogP contribution >= 0.6 is 0 Å². The standard InChI is InChI=1S/C7H12O4/c1-9-6-3-5(8)4-7(10-2)11-6/h6-7H,3-4H2,1-2H3. The lowest BCUT2D eigenvalue weighted by molar-refractivity contribution is -0.244. The third-order valence-corrected chi connectivity index (χ3v) is 1.62. The molecule has 4 nitrogen and oxygen atoms in total. The Morgan fingerprint density at radius 1 is 1.27 bits per heavy atom. The van der Waals surface area contributed by atoms with Crippen LogP contribution in [0.5, 0.6) is 0 Å². The van der Waals surface area contributed by atoms with E-state index in [9.17, 15) is 4.79 Å². The average molecular weight is 160 g/mol. The fraction of sp³-hybridized carbons (Fsp3) is 0.857. The maximum Gasteiger partial charge on any atom is 0.167 e. The molecule has 2 unspecified atom stereocenters. The molecular formula is C7H12O4. The molecule has 0 spiro atoms. The van der Waals surface area contributed by atoms with Crippen LogP contribution in [-0.4, -0.2) is 32.6 Å². The molecule has 0 bridgehead atoms. The van der Waals surface area contributed by atoms with Gasteiger partial charge in [-0.1, -0.05) is 0 Å². The van der Waals surface area contributed by atoms with Gasteiger partial charge >= 0.3 is 0 Å². The average Bonchev–Trinajstić information content (AvgIpc) is 2.03. The first-order valence-corrected chi connectivity index (χ1v) is 3.49. The minimum absolute atomic E-state index is 0.120. The molecule has 0 aliphatic carbocycles. The van der Waals surface area contributed by atoms with Crippen LogP contribution in [0, 0.1) is 0 Å². The van der Waals surface area contributed by atoms with Gasteiger partial charge < -0.3 is 14.2 Å². The van der Waals surface area contributed by atoms with Crippen molar-refractivity contribution < 1.29 is 19.0 Å². The van der Waals surface area contributed by atoms with E-state index in [0.29, 0.717) is 12.8 Å². The molecule has 1 saturated heterocycles. The van der Waals surface area contributed by atoms with Crippen LogP contribution in [0.4, 0.5) is 0 Å². The zero-order valence-electron chi connectivity index (χ0n) is 6.70. The molecule has 0 aromatic rings. The maximum atomic E-state index is 11.0. The Bertz CT molecular complexity index is 131. The summed E-state index contributed by atoms with van der Waals surface area (Å²) in [5, 5.41) is 0. The monoisotopic (exact) mass is 160 g/mol. The molecule has 0 aromatic heterocycles. The van der Waals surface area contributed by atoms with Crippen LogP contribution in [0.3, 0.4) is 0 Å². The van der Waals surface area contributed by atoms with Crippen LogP contribution in [0.1, 0.15) is 12.8 Å². The maximum absolute atomic E-state index is 11.0. The second kappa shape index (κ2) is 3.80. The number of carbonyl (C=O) groups excluding carboxylic acids is 1. The van der Waals surface area contributed by atoms with E-state index in [0.717, 1.165) is 0 Å². The third kappa shape index (κ3) is 2.25. The second-order valence-electron chi connectivity index (χ2n) is 2.41. The summed E-state index contributed by atoms with van der Waals surface area (Å²) in [6.07, 6.45) is -0.199. The molecule has 11 heavy (non-hydrogen) atoms. The largest absolute Gasteiger partial charge is 0.355 e. The molecule has 0 N–H and O–H groups in total. The summed E-state index contributed by atoms with van der Waals surface area (Å²) in [5.74, 6) is 0.120. The van der Waals surface area contributed by atoms with Crippen molar-refractivity contribution in [2.75, 3.05) is 14.2 Å². The predicted octanol–water partition coefficient (Wildman–Crippen LogP) is 0.311. The Morgan fingerprint density at radius 2 is 1.73 bits per heavy atom. The second-order valence-corrected chi connectivity index (χ2v) is 2.41. The molecule has 1 aliphatic heterocycles. The van der Waals surface area contributed by atoms with Gasteiger partial charge in [0.1, 0.15) is 5.78 Å². The van der Waals surface area contributed by atoms with Crippen molar-refractivity contribution in [3.8, 4) is 0 Å². The number of Topliss-reactive ketones (excluding diaryl/α,β-unsaturated/α-hetero) is 1. The summed E-state index contributed by atoms with van der Waals surface area (Å²) in [7, 11) is 3.02. The van der Waals surface area contributed by atoms with Crippen LogP contribution in [0.25, 0.3) is 0 Å². The van der Waals surface area contributed by atoms with Crippen molar-refractivity contribution in [1.82, 2.24) is 0 Å². The van der Waals surface area contributed by atoms with Crippen molar-refractivity contribution >= 4 is 5.78 Å². The van der Waals surface area contributed by atoms with Gasteiger partial charge in [-0.25, -0.2) is 0 Å². The van der Waals surface area contributed by atoms with Gasteiger partial charge in [0.2, 0.25) is 0 Å². The fourth-order valence-corrected chi connectivity index (χ4v) is 0.998. The SMILES string of the molecule is COC1CC(=O)CC(OC)O1. The molecule has 0 aromatic carbocycles. The van der Waals surface area contributed by atoms with Gasteiger partial charge in [0.05, 0.1) is 12.8 Å². The van der Waals surface area contributed by atoms with Gasteiger partial charge in [-0.3, -0.25) is 4.79 Å². The number of hydrogen-bond donors (Lipinski definition) is 0. The lowest BCUT2D eigenvalue weighted by Crippen LogP contribution is -2.35. The predicted molar refractivity (Wildman–Crippen MR) is 36.9 cm³/mol. The van der Waals surface area contributed by atoms with E-state index in [2.05, 4.69) is 0 Å². The molecule has 1 heterocycles. The molecular weight excluding hydrogens is 148 g/mol. The van der Waals surface area contributed by atoms with Crippen molar-refractivity contribution in [2.24, 2.45) is 0 Å². The number of methoxy groups -OCH3 is 2. The van der Waals surface area contributed by atoms with Gasteiger partial charge in [-0.15, -0.1) is 0 Å². The first-order chi connectivity index (χ1) is 5.26.